The minimum Gasteiger partial charge on any atom is -0.368 e. The quantitative estimate of drug-likeness (QED) is 0.689. The van der Waals surface area contributed by atoms with Crippen LogP contribution < -0.4 is 11.5 Å². The van der Waals surface area contributed by atoms with Gasteiger partial charge in [0.25, 0.3) is 0 Å². The molecule has 1 heterocycles. The molecule has 0 saturated carbocycles. The molecule has 78 valence electrons. The second-order valence-corrected chi connectivity index (χ2v) is 3.85. The Hall–Kier alpha value is -1.58. The van der Waals surface area contributed by atoms with Gasteiger partial charge in [0.1, 0.15) is 0 Å². The molecule has 0 aliphatic rings. The summed E-state index contributed by atoms with van der Waals surface area (Å²) in [7, 11) is 0. The van der Waals surface area contributed by atoms with Gasteiger partial charge in [-0.1, -0.05) is 0 Å². The average molecular weight is 222 g/mol. The molecule has 1 atom stereocenters. The summed E-state index contributed by atoms with van der Waals surface area (Å²) < 4.78 is 0. The summed E-state index contributed by atoms with van der Waals surface area (Å²) in [5.74, 6) is -0.184. The van der Waals surface area contributed by atoms with Crippen molar-refractivity contribution in [2.45, 2.75) is 11.1 Å². The molecule has 0 saturated heterocycles. The number of amides is 1. The monoisotopic (exact) mass is 222 g/mol. The molecular formula is C9H10N4OS. The molecule has 0 aliphatic heterocycles. The first-order valence-corrected chi connectivity index (χ1v) is 5.16. The first-order valence-electron chi connectivity index (χ1n) is 4.17. The Morgan fingerprint density at radius 1 is 1.73 bits per heavy atom. The van der Waals surface area contributed by atoms with Crippen molar-refractivity contribution in [2.24, 2.45) is 11.5 Å². The summed E-state index contributed by atoms with van der Waals surface area (Å²) in [6, 6.07) is 4.56. The number of hydrogen-bond acceptors (Lipinski definition) is 5. The summed E-state index contributed by atoms with van der Waals surface area (Å²) in [6.45, 7) is 0. The van der Waals surface area contributed by atoms with Crippen LogP contribution in [0.2, 0.25) is 0 Å². The molecule has 5 nitrogen and oxygen atoms in total. The highest BCUT2D eigenvalue weighted by molar-refractivity contribution is 7.99. The van der Waals surface area contributed by atoms with Crippen LogP contribution in [-0.4, -0.2) is 22.7 Å². The zero-order valence-electron chi connectivity index (χ0n) is 7.88. The number of thioether (sulfide) groups is 1. The predicted molar refractivity (Wildman–Crippen MR) is 56.8 cm³/mol. The van der Waals surface area contributed by atoms with Gasteiger partial charge >= 0.3 is 0 Å². The fourth-order valence-electron chi connectivity index (χ4n) is 0.815. The van der Waals surface area contributed by atoms with Crippen LogP contribution in [0.1, 0.15) is 5.56 Å². The van der Waals surface area contributed by atoms with Crippen LogP contribution in [0.25, 0.3) is 0 Å². The lowest BCUT2D eigenvalue weighted by Crippen LogP contribution is -2.38. The van der Waals surface area contributed by atoms with Crippen LogP contribution in [0.5, 0.6) is 0 Å². The lowest BCUT2D eigenvalue weighted by molar-refractivity contribution is -0.118. The third-order valence-electron chi connectivity index (χ3n) is 1.64. The van der Waals surface area contributed by atoms with E-state index < -0.39 is 11.9 Å². The summed E-state index contributed by atoms with van der Waals surface area (Å²) in [5.41, 5.74) is 11.0. The Labute approximate surface area is 91.5 Å². The van der Waals surface area contributed by atoms with E-state index in [0.29, 0.717) is 16.3 Å². The molecular weight excluding hydrogens is 212 g/mol. The van der Waals surface area contributed by atoms with Crippen LogP contribution >= 0.6 is 11.8 Å². The summed E-state index contributed by atoms with van der Waals surface area (Å²) in [6.07, 6.45) is 1.54. The fourth-order valence-corrected chi connectivity index (χ4v) is 1.68. The highest BCUT2D eigenvalue weighted by atomic mass is 32.2. The molecule has 0 aromatic carbocycles. The van der Waals surface area contributed by atoms with Crippen molar-refractivity contribution in [3.8, 4) is 6.07 Å². The van der Waals surface area contributed by atoms with Crippen LogP contribution in [0.3, 0.4) is 0 Å². The third-order valence-corrected chi connectivity index (χ3v) is 2.68. The van der Waals surface area contributed by atoms with E-state index in [2.05, 4.69) is 4.98 Å². The van der Waals surface area contributed by atoms with E-state index in [-0.39, 0.29) is 0 Å². The van der Waals surface area contributed by atoms with Gasteiger partial charge in [-0.15, -0.1) is 11.8 Å². The van der Waals surface area contributed by atoms with E-state index in [1.165, 1.54) is 18.0 Å². The number of carbonyl (C=O) groups is 1. The molecule has 1 amide bonds. The molecule has 1 unspecified atom stereocenters. The standard InChI is InChI=1S/C9H10N4OS/c10-4-6-1-2-13-8(3-6)15-5-7(11)9(12)14/h1-3,7H,5,11H2,(H2,12,14). The van der Waals surface area contributed by atoms with E-state index in [4.69, 9.17) is 16.7 Å². The average Bonchev–Trinajstić information content (AvgIpc) is 2.26. The largest absolute Gasteiger partial charge is 0.368 e. The van der Waals surface area contributed by atoms with Gasteiger partial charge in [-0.25, -0.2) is 4.98 Å². The summed E-state index contributed by atoms with van der Waals surface area (Å²) >= 11 is 1.30. The number of aromatic nitrogens is 1. The molecule has 0 fully saturated rings. The Morgan fingerprint density at radius 2 is 2.47 bits per heavy atom. The highest BCUT2D eigenvalue weighted by Gasteiger charge is 2.09. The molecule has 1 rings (SSSR count). The molecule has 15 heavy (non-hydrogen) atoms. The van der Waals surface area contributed by atoms with Crippen molar-refractivity contribution < 1.29 is 4.79 Å². The van der Waals surface area contributed by atoms with Gasteiger partial charge < -0.3 is 11.5 Å². The van der Waals surface area contributed by atoms with Crippen molar-refractivity contribution in [1.29, 1.82) is 5.26 Å². The molecule has 1 aromatic heterocycles. The topological polar surface area (TPSA) is 106 Å². The van der Waals surface area contributed by atoms with E-state index in [9.17, 15) is 4.79 Å². The Kier molecular flexibility index (Phi) is 4.09. The number of nitriles is 1. The van der Waals surface area contributed by atoms with Crippen molar-refractivity contribution in [2.75, 3.05) is 5.75 Å². The van der Waals surface area contributed by atoms with Crippen molar-refractivity contribution in [1.82, 2.24) is 4.98 Å². The first-order chi connectivity index (χ1) is 7.13. The smallest absolute Gasteiger partial charge is 0.235 e. The van der Waals surface area contributed by atoms with Gasteiger partial charge in [-0.05, 0) is 12.1 Å². The highest BCUT2D eigenvalue weighted by Crippen LogP contribution is 2.16. The fraction of sp³-hybridized carbons (Fsp3) is 0.222. The third kappa shape index (κ3) is 3.58. The van der Waals surface area contributed by atoms with Gasteiger partial charge in [0.15, 0.2) is 0 Å². The lowest BCUT2D eigenvalue weighted by Gasteiger charge is -2.05. The maximum Gasteiger partial charge on any atom is 0.235 e. The Balaban J connectivity index is 2.58. The maximum atomic E-state index is 10.7. The summed E-state index contributed by atoms with van der Waals surface area (Å²) in [4.78, 5) is 14.7. The minimum atomic E-state index is -0.692. The number of pyridine rings is 1. The van der Waals surface area contributed by atoms with E-state index in [1.54, 1.807) is 12.1 Å². The number of hydrogen-bond donors (Lipinski definition) is 2. The molecule has 0 radical (unpaired) electrons. The van der Waals surface area contributed by atoms with Gasteiger partial charge in [0.05, 0.1) is 22.7 Å². The van der Waals surface area contributed by atoms with Crippen molar-refractivity contribution in [3.05, 3.63) is 23.9 Å². The minimum absolute atomic E-state index is 0.358. The van der Waals surface area contributed by atoms with E-state index in [0.717, 1.165) is 0 Å². The number of rotatable bonds is 4. The van der Waals surface area contributed by atoms with Crippen molar-refractivity contribution in [3.63, 3.8) is 0 Å². The second kappa shape index (κ2) is 5.34. The Bertz CT molecular complexity index is 401. The van der Waals surface area contributed by atoms with Gasteiger partial charge in [-0.2, -0.15) is 5.26 Å². The van der Waals surface area contributed by atoms with E-state index >= 15 is 0 Å². The van der Waals surface area contributed by atoms with Gasteiger partial charge in [-0.3, -0.25) is 4.79 Å². The molecule has 0 aliphatic carbocycles. The zero-order chi connectivity index (χ0) is 11.3. The van der Waals surface area contributed by atoms with E-state index in [1.807, 2.05) is 6.07 Å². The molecule has 4 N–H and O–H groups in total. The second-order valence-electron chi connectivity index (χ2n) is 2.81. The SMILES string of the molecule is N#Cc1ccnc(SCC(N)C(N)=O)c1. The number of nitrogens with zero attached hydrogens (tertiary/aromatic N) is 2. The van der Waals surface area contributed by atoms with Crippen LogP contribution in [0, 0.1) is 11.3 Å². The lowest BCUT2D eigenvalue weighted by atomic mass is 10.3. The first kappa shape index (κ1) is 11.5. The Morgan fingerprint density at radius 3 is 3.07 bits per heavy atom. The predicted octanol–water partition coefficient (Wildman–Crippen LogP) is -0.142. The van der Waals surface area contributed by atoms with Crippen LogP contribution in [-0.2, 0) is 4.79 Å². The zero-order valence-corrected chi connectivity index (χ0v) is 8.70. The normalized spacial score (nSPS) is 11.7. The summed E-state index contributed by atoms with van der Waals surface area (Å²) in [5, 5.41) is 9.30. The number of primary amides is 1. The molecule has 0 bridgehead atoms. The van der Waals surface area contributed by atoms with Crippen LogP contribution in [0.4, 0.5) is 0 Å². The van der Waals surface area contributed by atoms with Gasteiger partial charge in [0, 0.05) is 11.9 Å². The molecule has 0 spiro atoms. The van der Waals surface area contributed by atoms with Crippen molar-refractivity contribution >= 4 is 17.7 Å². The van der Waals surface area contributed by atoms with Gasteiger partial charge in [0.2, 0.25) is 5.91 Å². The number of carbonyl (C=O) groups excluding carboxylic acids is 1. The maximum absolute atomic E-state index is 10.7. The molecule has 6 heteroatoms. The number of nitrogens with two attached hydrogens (primary N) is 2. The van der Waals surface area contributed by atoms with Crippen LogP contribution in [0.15, 0.2) is 23.4 Å². The molecule has 1 aromatic rings.